The monoisotopic (exact) mass is 397 g/mol. The number of hydrogen-bond acceptors (Lipinski definition) is 3. The van der Waals surface area contributed by atoms with Crippen LogP contribution in [0.2, 0.25) is 0 Å². The second-order valence-electron chi connectivity index (χ2n) is 6.22. The summed E-state index contributed by atoms with van der Waals surface area (Å²) in [6.45, 7) is 10.6. The molecule has 1 aliphatic rings. The molecule has 2 N–H and O–H groups in total. The Morgan fingerprint density at radius 3 is 2.04 bits per heavy atom. The molecule has 28 heavy (non-hydrogen) atoms. The van der Waals surface area contributed by atoms with Crippen LogP contribution in [-0.2, 0) is 16.1 Å². The van der Waals surface area contributed by atoms with Gasteiger partial charge in [0.2, 0.25) is 0 Å². The summed E-state index contributed by atoms with van der Waals surface area (Å²) >= 11 is 0. The zero-order chi connectivity index (χ0) is 20.9. The first-order valence-corrected chi connectivity index (χ1v) is 10.1. The highest BCUT2D eigenvalue weighted by atomic mass is 16.3. The van der Waals surface area contributed by atoms with Gasteiger partial charge < -0.3 is 10.2 Å². The number of carboxylic acid groups (broad SMARTS) is 2. The Bertz CT molecular complexity index is 429. The van der Waals surface area contributed by atoms with Gasteiger partial charge in [-0.25, -0.2) is 0 Å². The number of benzene rings is 1. The number of nitrogens with zero attached hydrogens (tertiary/aromatic N) is 1. The van der Waals surface area contributed by atoms with Crippen molar-refractivity contribution in [1.29, 1.82) is 0 Å². The minimum Gasteiger partial charge on any atom is -0.483 e. The van der Waals surface area contributed by atoms with E-state index in [9.17, 15) is 0 Å². The summed E-state index contributed by atoms with van der Waals surface area (Å²) in [6, 6.07) is 11.8. The van der Waals surface area contributed by atoms with Crippen molar-refractivity contribution in [3.05, 3.63) is 35.9 Å². The van der Waals surface area contributed by atoms with Gasteiger partial charge in [-0.3, -0.25) is 14.5 Å². The molecule has 0 amide bonds. The molecule has 5 heteroatoms. The zero-order valence-electron chi connectivity index (χ0n) is 17.5. The van der Waals surface area contributed by atoms with Crippen molar-refractivity contribution in [1.82, 2.24) is 4.90 Å². The normalized spacial score (nSPS) is 14.8. The molecule has 0 aromatic heterocycles. The standard InChI is InChI=1S/C18H29N.C2H6.2CH2O2.CH4/c1-3-16(4-2)12-13-18-11-8-14-19(18)15-17-9-6-5-7-10-17;1-2;2*2-1-3;/h5-7,9-10,16,18H,3-4,8,11-15H2,1-2H3;1-2H3;2*1H,(H,2,3);1H4. The lowest BCUT2D eigenvalue weighted by atomic mass is 9.94. The minimum absolute atomic E-state index is 0. The van der Waals surface area contributed by atoms with E-state index < -0.39 is 0 Å². The molecule has 0 saturated carbocycles. The van der Waals surface area contributed by atoms with Gasteiger partial charge in [-0.05, 0) is 43.7 Å². The minimum atomic E-state index is -0.250. The van der Waals surface area contributed by atoms with Gasteiger partial charge in [0.1, 0.15) is 0 Å². The number of hydrogen-bond donors (Lipinski definition) is 2. The fourth-order valence-corrected chi connectivity index (χ4v) is 3.37. The first-order valence-electron chi connectivity index (χ1n) is 10.1. The van der Waals surface area contributed by atoms with E-state index in [1.165, 1.54) is 50.6 Å². The van der Waals surface area contributed by atoms with Crippen molar-refractivity contribution in [2.75, 3.05) is 6.54 Å². The van der Waals surface area contributed by atoms with Gasteiger partial charge in [-0.1, -0.05) is 78.3 Å². The van der Waals surface area contributed by atoms with Gasteiger partial charge in [0, 0.05) is 12.6 Å². The lowest BCUT2D eigenvalue weighted by Crippen LogP contribution is -2.29. The van der Waals surface area contributed by atoms with Gasteiger partial charge in [0.15, 0.2) is 0 Å². The highest BCUT2D eigenvalue weighted by Gasteiger charge is 2.24. The van der Waals surface area contributed by atoms with Crippen molar-refractivity contribution in [2.24, 2.45) is 5.92 Å². The average Bonchev–Trinajstić information content (AvgIpc) is 3.13. The molecular weight excluding hydrogens is 354 g/mol. The topological polar surface area (TPSA) is 77.8 Å². The first kappa shape index (κ1) is 30.8. The quantitative estimate of drug-likeness (QED) is 0.557. The fraction of sp³-hybridized carbons (Fsp3) is 0.652. The molecule has 1 fully saturated rings. The summed E-state index contributed by atoms with van der Waals surface area (Å²) in [5.74, 6) is 0.944. The van der Waals surface area contributed by atoms with Crippen LogP contribution in [0.5, 0.6) is 0 Å². The maximum atomic E-state index is 8.36. The summed E-state index contributed by atoms with van der Waals surface area (Å²) in [5, 5.41) is 13.8. The van der Waals surface area contributed by atoms with Crippen molar-refractivity contribution < 1.29 is 19.8 Å². The number of carbonyl (C=O) groups is 2. The molecule has 1 aromatic rings. The highest BCUT2D eigenvalue weighted by molar-refractivity contribution is 5.33. The summed E-state index contributed by atoms with van der Waals surface area (Å²) in [5.41, 5.74) is 1.47. The molecule has 164 valence electrons. The molecule has 1 heterocycles. The predicted octanol–water partition coefficient (Wildman–Crippen LogP) is 5.93. The van der Waals surface area contributed by atoms with E-state index >= 15 is 0 Å². The van der Waals surface area contributed by atoms with E-state index in [4.69, 9.17) is 19.8 Å². The summed E-state index contributed by atoms with van der Waals surface area (Å²) in [6.07, 6.45) is 8.32. The van der Waals surface area contributed by atoms with Crippen LogP contribution in [0.25, 0.3) is 0 Å². The van der Waals surface area contributed by atoms with Gasteiger partial charge in [-0.2, -0.15) is 0 Å². The van der Waals surface area contributed by atoms with E-state index in [1.807, 2.05) is 13.8 Å². The van der Waals surface area contributed by atoms with Crippen LogP contribution in [-0.4, -0.2) is 40.6 Å². The van der Waals surface area contributed by atoms with Crippen molar-refractivity contribution in [2.45, 2.75) is 86.2 Å². The SMILES string of the molecule is C.CC.CCC(CC)CCC1CCCN1Cc1ccccc1.O=CO.O=CO. The van der Waals surface area contributed by atoms with Gasteiger partial charge in [-0.15, -0.1) is 0 Å². The fourth-order valence-electron chi connectivity index (χ4n) is 3.37. The van der Waals surface area contributed by atoms with Crippen LogP contribution >= 0.6 is 0 Å². The van der Waals surface area contributed by atoms with Crippen molar-refractivity contribution in [3.63, 3.8) is 0 Å². The molecule has 2 rings (SSSR count). The van der Waals surface area contributed by atoms with Crippen LogP contribution in [0.3, 0.4) is 0 Å². The molecule has 0 spiro atoms. The van der Waals surface area contributed by atoms with Gasteiger partial charge >= 0.3 is 0 Å². The van der Waals surface area contributed by atoms with E-state index in [0.29, 0.717) is 0 Å². The summed E-state index contributed by atoms with van der Waals surface area (Å²) in [7, 11) is 0. The maximum Gasteiger partial charge on any atom is 0.290 e. The zero-order valence-corrected chi connectivity index (χ0v) is 17.5. The van der Waals surface area contributed by atoms with Crippen molar-refractivity contribution in [3.8, 4) is 0 Å². The van der Waals surface area contributed by atoms with Crippen LogP contribution in [0.1, 0.15) is 79.2 Å². The molecule has 1 saturated heterocycles. The predicted molar refractivity (Wildman–Crippen MR) is 119 cm³/mol. The summed E-state index contributed by atoms with van der Waals surface area (Å²) < 4.78 is 0. The Labute approximate surface area is 172 Å². The number of rotatable bonds is 7. The highest BCUT2D eigenvalue weighted by Crippen LogP contribution is 2.26. The van der Waals surface area contributed by atoms with E-state index in [-0.39, 0.29) is 20.4 Å². The van der Waals surface area contributed by atoms with Crippen LogP contribution in [0, 0.1) is 5.92 Å². The molecule has 1 aliphatic heterocycles. The number of likely N-dealkylation sites (tertiary alicyclic amines) is 1. The molecule has 0 aliphatic carbocycles. The third-order valence-corrected chi connectivity index (χ3v) is 4.79. The Kier molecular flexibility index (Phi) is 25.5. The largest absolute Gasteiger partial charge is 0.483 e. The second kappa shape index (κ2) is 23.2. The Hall–Kier alpha value is -1.88. The lowest BCUT2D eigenvalue weighted by molar-refractivity contribution is -0.123. The molecule has 1 atom stereocenters. The molecule has 0 bridgehead atoms. The van der Waals surface area contributed by atoms with E-state index in [2.05, 4.69) is 49.1 Å². The molecule has 1 unspecified atom stereocenters. The Morgan fingerprint density at radius 1 is 1.07 bits per heavy atom. The second-order valence-corrected chi connectivity index (χ2v) is 6.22. The van der Waals surface area contributed by atoms with Crippen molar-refractivity contribution >= 4 is 12.9 Å². The smallest absolute Gasteiger partial charge is 0.290 e. The first-order chi connectivity index (χ1) is 13.2. The van der Waals surface area contributed by atoms with Crippen LogP contribution in [0.4, 0.5) is 0 Å². The lowest BCUT2D eigenvalue weighted by Gasteiger charge is -2.26. The Morgan fingerprint density at radius 2 is 1.57 bits per heavy atom. The van der Waals surface area contributed by atoms with Crippen LogP contribution in [0.15, 0.2) is 30.3 Å². The average molecular weight is 398 g/mol. The Balaban J connectivity index is -0.000000605. The molecule has 0 radical (unpaired) electrons. The van der Waals surface area contributed by atoms with Gasteiger partial charge in [0.25, 0.3) is 12.9 Å². The van der Waals surface area contributed by atoms with E-state index in [1.54, 1.807) is 0 Å². The van der Waals surface area contributed by atoms with Gasteiger partial charge in [0.05, 0.1) is 0 Å². The molecule has 5 nitrogen and oxygen atoms in total. The summed E-state index contributed by atoms with van der Waals surface area (Å²) in [4.78, 5) is 19.4. The molecule has 1 aromatic carbocycles. The molecular formula is C23H43NO4. The third-order valence-electron chi connectivity index (χ3n) is 4.79. The third kappa shape index (κ3) is 15.2. The van der Waals surface area contributed by atoms with Crippen LogP contribution < -0.4 is 0 Å². The van der Waals surface area contributed by atoms with E-state index in [0.717, 1.165) is 18.5 Å². The maximum absolute atomic E-state index is 8.36.